The van der Waals surface area contributed by atoms with Crippen molar-refractivity contribution in [2.45, 2.75) is 17.4 Å². The Kier molecular flexibility index (Phi) is 3.51. The zero-order chi connectivity index (χ0) is 13.1. The molecule has 3 rings (SSSR count). The van der Waals surface area contributed by atoms with E-state index in [1.54, 1.807) is 24.5 Å². The number of fused-ring (bicyclic) bond motifs is 1. The summed E-state index contributed by atoms with van der Waals surface area (Å²) in [7, 11) is 0. The fourth-order valence-corrected chi connectivity index (χ4v) is 3.36. The molecule has 4 heteroatoms. The standard InChI is InChI=1S/C15H14N2OS/c18-15(11-5-8-16-9-6-11)17-13-7-10-19-14-4-2-1-3-12(13)14/h1-6,8-9,13H,7,10H2,(H,17,18). The molecule has 1 N–H and O–H groups in total. The van der Waals surface area contributed by atoms with Crippen LogP contribution in [0.3, 0.4) is 0 Å². The minimum atomic E-state index is -0.0332. The molecule has 0 saturated carbocycles. The van der Waals surface area contributed by atoms with Crippen molar-refractivity contribution in [1.29, 1.82) is 0 Å². The summed E-state index contributed by atoms with van der Waals surface area (Å²) in [5, 5.41) is 3.11. The Morgan fingerprint density at radius 3 is 2.84 bits per heavy atom. The predicted octanol–water partition coefficient (Wildman–Crippen LogP) is 3.05. The summed E-state index contributed by atoms with van der Waals surface area (Å²) in [4.78, 5) is 17.4. The third-order valence-corrected chi connectivity index (χ3v) is 4.33. The number of thioether (sulfide) groups is 1. The third-order valence-electron chi connectivity index (χ3n) is 3.21. The Labute approximate surface area is 116 Å². The first-order valence-electron chi connectivity index (χ1n) is 6.27. The number of hydrogen-bond acceptors (Lipinski definition) is 3. The molecule has 0 radical (unpaired) electrons. The summed E-state index contributed by atoms with van der Waals surface area (Å²) < 4.78 is 0. The molecule has 2 aromatic rings. The third kappa shape index (κ3) is 2.63. The first-order chi connectivity index (χ1) is 9.34. The predicted molar refractivity (Wildman–Crippen MR) is 76.2 cm³/mol. The fourth-order valence-electron chi connectivity index (χ4n) is 2.24. The van der Waals surface area contributed by atoms with E-state index in [1.807, 2.05) is 23.9 Å². The second-order valence-electron chi connectivity index (χ2n) is 4.44. The van der Waals surface area contributed by atoms with Crippen molar-refractivity contribution in [1.82, 2.24) is 10.3 Å². The maximum atomic E-state index is 12.2. The first-order valence-corrected chi connectivity index (χ1v) is 7.26. The largest absolute Gasteiger partial charge is 0.345 e. The second-order valence-corrected chi connectivity index (χ2v) is 5.57. The number of carbonyl (C=O) groups is 1. The van der Waals surface area contributed by atoms with Crippen molar-refractivity contribution in [2.75, 3.05) is 5.75 Å². The quantitative estimate of drug-likeness (QED) is 0.912. The molecule has 1 amide bonds. The summed E-state index contributed by atoms with van der Waals surface area (Å²) in [6.45, 7) is 0. The van der Waals surface area contributed by atoms with E-state index in [0.717, 1.165) is 12.2 Å². The Morgan fingerprint density at radius 2 is 2.00 bits per heavy atom. The molecule has 1 aromatic carbocycles. The molecule has 0 aliphatic carbocycles. The lowest BCUT2D eigenvalue weighted by atomic mass is 10.0. The number of benzene rings is 1. The van der Waals surface area contributed by atoms with Crippen LogP contribution in [0.25, 0.3) is 0 Å². The number of amides is 1. The molecule has 19 heavy (non-hydrogen) atoms. The van der Waals surface area contributed by atoms with Crippen LogP contribution in [0.4, 0.5) is 0 Å². The number of pyridine rings is 1. The number of aromatic nitrogens is 1. The van der Waals surface area contributed by atoms with Crippen molar-refractivity contribution in [2.24, 2.45) is 0 Å². The average molecular weight is 270 g/mol. The second kappa shape index (κ2) is 5.45. The molecule has 96 valence electrons. The summed E-state index contributed by atoms with van der Waals surface area (Å²) in [5.74, 6) is 1.01. The maximum absolute atomic E-state index is 12.2. The van der Waals surface area contributed by atoms with Gasteiger partial charge in [-0.1, -0.05) is 18.2 Å². The van der Waals surface area contributed by atoms with Gasteiger partial charge >= 0.3 is 0 Å². The molecule has 1 aliphatic rings. The Bertz CT molecular complexity index is 586. The molecule has 1 atom stereocenters. The van der Waals surface area contributed by atoms with Gasteiger partial charge in [0.15, 0.2) is 0 Å². The van der Waals surface area contributed by atoms with E-state index in [-0.39, 0.29) is 11.9 Å². The van der Waals surface area contributed by atoms with Crippen LogP contribution < -0.4 is 5.32 Å². The van der Waals surface area contributed by atoms with E-state index in [9.17, 15) is 4.79 Å². The summed E-state index contributed by atoms with van der Waals surface area (Å²) >= 11 is 1.85. The lowest BCUT2D eigenvalue weighted by molar-refractivity contribution is 0.0935. The van der Waals surface area contributed by atoms with Gasteiger partial charge in [-0.25, -0.2) is 0 Å². The zero-order valence-electron chi connectivity index (χ0n) is 10.4. The van der Waals surface area contributed by atoms with Crippen LogP contribution in [0.2, 0.25) is 0 Å². The van der Waals surface area contributed by atoms with Crippen molar-refractivity contribution in [3.63, 3.8) is 0 Å². The molecule has 2 heterocycles. The van der Waals surface area contributed by atoms with Gasteiger partial charge in [0.1, 0.15) is 0 Å². The van der Waals surface area contributed by atoms with Crippen LogP contribution in [-0.2, 0) is 0 Å². The van der Waals surface area contributed by atoms with Gasteiger partial charge in [0.25, 0.3) is 5.91 Å². The zero-order valence-corrected chi connectivity index (χ0v) is 11.2. The number of carbonyl (C=O) groups excluding carboxylic acids is 1. The van der Waals surface area contributed by atoms with E-state index in [2.05, 4.69) is 22.4 Å². The maximum Gasteiger partial charge on any atom is 0.251 e. The van der Waals surface area contributed by atoms with E-state index in [0.29, 0.717) is 5.56 Å². The minimum Gasteiger partial charge on any atom is -0.345 e. The van der Waals surface area contributed by atoms with E-state index in [4.69, 9.17) is 0 Å². The molecule has 0 fully saturated rings. The smallest absolute Gasteiger partial charge is 0.251 e. The van der Waals surface area contributed by atoms with Gasteiger partial charge in [0.05, 0.1) is 6.04 Å². The molecule has 1 aliphatic heterocycles. The van der Waals surface area contributed by atoms with Crippen LogP contribution >= 0.6 is 11.8 Å². The van der Waals surface area contributed by atoms with Crippen molar-refractivity contribution < 1.29 is 4.79 Å². The van der Waals surface area contributed by atoms with Gasteiger partial charge in [-0.3, -0.25) is 9.78 Å². The number of hydrogen-bond donors (Lipinski definition) is 1. The highest BCUT2D eigenvalue weighted by Crippen LogP contribution is 2.35. The Balaban J connectivity index is 1.80. The summed E-state index contributed by atoms with van der Waals surface area (Å²) in [5.41, 5.74) is 1.88. The Hall–Kier alpha value is -1.81. The summed E-state index contributed by atoms with van der Waals surface area (Å²) in [6.07, 6.45) is 4.25. The van der Waals surface area contributed by atoms with E-state index >= 15 is 0 Å². The van der Waals surface area contributed by atoms with Gasteiger partial charge in [-0.15, -0.1) is 11.8 Å². The van der Waals surface area contributed by atoms with Crippen LogP contribution in [0.5, 0.6) is 0 Å². The summed E-state index contributed by atoms with van der Waals surface area (Å²) in [6, 6.07) is 11.9. The highest BCUT2D eigenvalue weighted by molar-refractivity contribution is 7.99. The van der Waals surface area contributed by atoms with Crippen LogP contribution in [0, 0.1) is 0 Å². The number of nitrogens with zero attached hydrogens (tertiary/aromatic N) is 1. The monoisotopic (exact) mass is 270 g/mol. The van der Waals surface area contributed by atoms with Gasteiger partial charge in [-0.05, 0) is 30.2 Å². The van der Waals surface area contributed by atoms with Gasteiger partial charge in [0.2, 0.25) is 0 Å². The van der Waals surface area contributed by atoms with Gasteiger partial charge in [-0.2, -0.15) is 0 Å². The van der Waals surface area contributed by atoms with Crippen molar-refractivity contribution in [3.8, 4) is 0 Å². The first kappa shape index (κ1) is 12.2. The highest BCUT2D eigenvalue weighted by Gasteiger charge is 2.22. The van der Waals surface area contributed by atoms with Crippen LogP contribution in [0.15, 0.2) is 53.7 Å². The van der Waals surface area contributed by atoms with E-state index in [1.165, 1.54) is 10.5 Å². The fraction of sp³-hybridized carbons (Fsp3) is 0.200. The lowest BCUT2D eigenvalue weighted by Crippen LogP contribution is -2.30. The van der Waals surface area contributed by atoms with Gasteiger partial charge in [0, 0.05) is 28.6 Å². The lowest BCUT2D eigenvalue weighted by Gasteiger charge is -2.25. The molecular formula is C15H14N2OS. The Morgan fingerprint density at radius 1 is 1.21 bits per heavy atom. The van der Waals surface area contributed by atoms with Crippen molar-refractivity contribution >= 4 is 17.7 Å². The van der Waals surface area contributed by atoms with Crippen molar-refractivity contribution in [3.05, 3.63) is 59.9 Å². The van der Waals surface area contributed by atoms with Crippen LogP contribution in [-0.4, -0.2) is 16.6 Å². The topological polar surface area (TPSA) is 42.0 Å². The number of nitrogens with one attached hydrogen (secondary N) is 1. The van der Waals surface area contributed by atoms with Crippen LogP contribution in [0.1, 0.15) is 28.4 Å². The van der Waals surface area contributed by atoms with E-state index < -0.39 is 0 Å². The minimum absolute atomic E-state index is 0.0332. The SMILES string of the molecule is O=C(NC1CCSc2ccccc21)c1ccncc1. The van der Waals surface area contributed by atoms with Gasteiger partial charge < -0.3 is 5.32 Å². The molecule has 0 bridgehead atoms. The highest BCUT2D eigenvalue weighted by atomic mass is 32.2. The molecule has 0 spiro atoms. The molecule has 1 aromatic heterocycles. The number of rotatable bonds is 2. The molecule has 0 saturated heterocycles. The molecule has 3 nitrogen and oxygen atoms in total. The average Bonchev–Trinajstić information content (AvgIpc) is 2.48. The normalized spacial score (nSPS) is 17.6. The molecular weight excluding hydrogens is 256 g/mol. The molecule has 1 unspecified atom stereocenters.